The third-order valence-electron chi connectivity index (χ3n) is 3.06. The zero-order chi connectivity index (χ0) is 15.2. The van der Waals surface area contributed by atoms with Gasteiger partial charge in [-0.2, -0.15) is 0 Å². The first kappa shape index (κ1) is 14.6. The summed E-state index contributed by atoms with van der Waals surface area (Å²) in [4.78, 5) is 22.7. The molecule has 108 valence electrons. The highest BCUT2D eigenvalue weighted by Gasteiger charge is 2.09. The fourth-order valence-electron chi connectivity index (χ4n) is 1.92. The molecule has 0 fully saturated rings. The van der Waals surface area contributed by atoms with Crippen LogP contribution < -0.4 is 11.1 Å². The molecule has 2 aromatic rings. The molecule has 0 aliphatic rings. The summed E-state index contributed by atoms with van der Waals surface area (Å²) in [7, 11) is 0. The quantitative estimate of drug-likeness (QED) is 0.736. The topological polar surface area (TPSA) is 92.4 Å². The molecule has 0 spiro atoms. The van der Waals surface area contributed by atoms with Crippen LogP contribution in [0, 0.1) is 0 Å². The smallest absolute Gasteiger partial charge is 0.335 e. The molecule has 0 unspecified atom stereocenters. The third-order valence-corrected chi connectivity index (χ3v) is 3.06. The Morgan fingerprint density at radius 3 is 2.43 bits per heavy atom. The summed E-state index contributed by atoms with van der Waals surface area (Å²) >= 11 is 0. The van der Waals surface area contributed by atoms with Crippen LogP contribution in [0.1, 0.15) is 22.3 Å². The van der Waals surface area contributed by atoms with Crippen molar-refractivity contribution in [2.75, 3.05) is 11.1 Å². The Morgan fingerprint density at radius 2 is 1.81 bits per heavy atom. The Hall–Kier alpha value is -2.82. The summed E-state index contributed by atoms with van der Waals surface area (Å²) in [6, 6.07) is 13.9. The number of nitrogens with one attached hydrogen (secondary N) is 1. The number of amides is 1. The Bertz CT molecular complexity index is 654. The number of nitrogens with two attached hydrogens (primary N) is 1. The lowest BCUT2D eigenvalue weighted by Gasteiger charge is -2.09. The van der Waals surface area contributed by atoms with Crippen molar-refractivity contribution in [3.8, 4) is 0 Å². The number of hydrogen-bond acceptors (Lipinski definition) is 3. The maximum atomic E-state index is 11.9. The molecule has 2 rings (SSSR count). The van der Waals surface area contributed by atoms with Crippen molar-refractivity contribution < 1.29 is 14.7 Å². The van der Waals surface area contributed by atoms with Crippen molar-refractivity contribution >= 4 is 23.3 Å². The van der Waals surface area contributed by atoms with Crippen LogP contribution in [0.2, 0.25) is 0 Å². The van der Waals surface area contributed by atoms with E-state index in [4.69, 9.17) is 10.8 Å². The minimum atomic E-state index is -1.05. The van der Waals surface area contributed by atoms with Gasteiger partial charge in [0.1, 0.15) is 0 Å². The van der Waals surface area contributed by atoms with Crippen molar-refractivity contribution in [3.05, 3.63) is 59.7 Å². The van der Waals surface area contributed by atoms with E-state index in [0.29, 0.717) is 18.5 Å². The van der Waals surface area contributed by atoms with Crippen LogP contribution in [0.3, 0.4) is 0 Å². The highest BCUT2D eigenvalue weighted by molar-refractivity contribution is 5.96. The number of carbonyl (C=O) groups excluding carboxylic acids is 1. The van der Waals surface area contributed by atoms with Gasteiger partial charge in [0.05, 0.1) is 16.9 Å². The Kier molecular flexibility index (Phi) is 4.56. The number of nitrogen functional groups attached to an aromatic ring is 1. The maximum absolute atomic E-state index is 11.9. The van der Waals surface area contributed by atoms with Crippen molar-refractivity contribution in [2.24, 2.45) is 0 Å². The second kappa shape index (κ2) is 6.56. The zero-order valence-electron chi connectivity index (χ0n) is 11.4. The zero-order valence-corrected chi connectivity index (χ0v) is 11.4. The van der Waals surface area contributed by atoms with Crippen molar-refractivity contribution in [1.82, 2.24) is 0 Å². The van der Waals surface area contributed by atoms with E-state index >= 15 is 0 Å². The Balaban J connectivity index is 1.95. The number of aryl methyl sites for hydroxylation is 1. The second-order valence-electron chi connectivity index (χ2n) is 4.64. The predicted octanol–water partition coefficient (Wildman–Crippen LogP) is 2.54. The number of carboxylic acid groups (broad SMARTS) is 1. The van der Waals surface area contributed by atoms with Crippen LogP contribution in [0.5, 0.6) is 0 Å². The molecule has 5 heteroatoms. The first-order chi connectivity index (χ1) is 10.1. The van der Waals surface area contributed by atoms with Crippen LogP contribution in [0.25, 0.3) is 0 Å². The van der Waals surface area contributed by atoms with Crippen LogP contribution in [0.15, 0.2) is 48.5 Å². The summed E-state index contributed by atoms with van der Waals surface area (Å²) in [6.07, 6.45) is 0.976. The number of benzene rings is 2. The average Bonchev–Trinajstić information content (AvgIpc) is 2.48. The molecule has 0 heterocycles. The molecule has 1 amide bonds. The van der Waals surface area contributed by atoms with Crippen LogP contribution in [-0.2, 0) is 11.2 Å². The summed E-state index contributed by atoms with van der Waals surface area (Å²) in [5, 5.41) is 11.5. The lowest BCUT2D eigenvalue weighted by molar-refractivity contribution is -0.116. The largest absolute Gasteiger partial charge is 0.478 e. The average molecular weight is 284 g/mol. The van der Waals surface area contributed by atoms with Crippen LogP contribution in [-0.4, -0.2) is 17.0 Å². The monoisotopic (exact) mass is 284 g/mol. The number of carboxylic acids is 1. The lowest BCUT2D eigenvalue weighted by atomic mass is 10.1. The van der Waals surface area contributed by atoms with Gasteiger partial charge < -0.3 is 16.2 Å². The first-order valence-corrected chi connectivity index (χ1v) is 6.53. The van der Waals surface area contributed by atoms with Gasteiger partial charge in [-0.05, 0) is 30.2 Å². The van der Waals surface area contributed by atoms with Gasteiger partial charge in [0, 0.05) is 6.42 Å². The number of rotatable bonds is 5. The van der Waals surface area contributed by atoms with Gasteiger partial charge in [0.25, 0.3) is 0 Å². The molecule has 2 aromatic carbocycles. The van der Waals surface area contributed by atoms with E-state index in [1.54, 1.807) is 0 Å². The second-order valence-corrected chi connectivity index (χ2v) is 4.64. The van der Waals surface area contributed by atoms with E-state index < -0.39 is 5.97 Å². The number of hydrogen-bond donors (Lipinski definition) is 3. The molecular weight excluding hydrogens is 268 g/mol. The molecular formula is C16H16N2O3. The van der Waals surface area contributed by atoms with E-state index in [1.165, 1.54) is 18.2 Å². The molecule has 0 radical (unpaired) electrons. The molecule has 0 saturated carbocycles. The van der Waals surface area contributed by atoms with Gasteiger partial charge >= 0.3 is 5.97 Å². The van der Waals surface area contributed by atoms with E-state index in [-0.39, 0.29) is 17.2 Å². The maximum Gasteiger partial charge on any atom is 0.335 e. The SMILES string of the molecule is Nc1cc(C(=O)O)ccc1NC(=O)CCc1ccccc1. The molecule has 0 aromatic heterocycles. The lowest BCUT2D eigenvalue weighted by Crippen LogP contribution is -2.14. The minimum Gasteiger partial charge on any atom is -0.478 e. The van der Waals surface area contributed by atoms with E-state index in [9.17, 15) is 9.59 Å². The minimum absolute atomic E-state index is 0.0924. The van der Waals surface area contributed by atoms with E-state index in [1.807, 2.05) is 30.3 Å². The highest BCUT2D eigenvalue weighted by Crippen LogP contribution is 2.20. The molecule has 21 heavy (non-hydrogen) atoms. The molecule has 4 N–H and O–H groups in total. The van der Waals surface area contributed by atoms with Gasteiger partial charge in [-0.3, -0.25) is 4.79 Å². The van der Waals surface area contributed by atoms with Crippen LogP contribution >= 0.6 is 0 Å². The van der Waals surface area contributed by atoms with Crippen molar-refractivity contribution in [1.29, 1.82) is 0 Å². The van der Waals surface area contributed by atoms with Gasteiger partial charge in [-0.25, -0.2) is 4.79 Å². The van der Waals surface area contributed by atoms with Crippen LogP contribution in [0.4, 0.5) is 11.4 Å². The molecule has 0 saturated heterocycles. The van der Waals surface area contributed by atoms with Gasteiger partial charge in [-0.1, -0.05) is 30.3 Å². The summed E-state index contributed by atoms with van der Waals surface area (Å²) in [5.41, 5.74) is 7.58. The van der Waals surface area contributed by atoms with Crippen molar-refractivity contribution in [3.63, 3.8) is 0 Å². The number of anilines is 2. The molecule has 5 nitrogen and oxygen atoms in total. The van der Waals surface area contributed by atoms with E-state index in [2.05, 4.69) is 5.32 Å². The fourth-order valence-corrected chi connectivity index (χ4v) is 1.92. The summed E-state index contributed by atoms with van der Waals surface area (Å²) in [5.74, 6) is -1.21. The van der Waals surface area contributed by atoms with Crippen molar-refractivity contribution in [2.45, 2.75) is 12.8 Å². The third kappa shape index (κ3) is 4.07. The fraction of sp³-hybridized carbons (Fsp3) is 0.125. The summed E-state index contributed by atoms with van der Waals surface area (Å²) in [6.45, 7) is 0. The Morgan fingerprint density at radius 1 is 1.10 bits per heavy atom. The Labute approximate surface area is 122 Å². The normalized spacial score (nSPS) is 10.1. The summed E-state index contributed by atoms with van der Waals surface area (Å²) < 4.78 is 0. The first-order valence-electron chi connectivity index (χ1n) is 6.53. The van der Waals surface area contributed by atoms with E-state index in [0.717, 1.165) is 5.56 Å². The van der Waals surface area contributed by atoms with Gasteiger partial charge in [0.15, 0.2) is 0 Å². The van der Waals surface area contributed by atoms with Gasteiger partial charge in [0.2, 0.25) is 5.91 Å². The highest BCUT2D eigenvalue weighted by atomic mass is 16.4. The molecule has 0 aliphatic carbocycles. The number of aromatic carboxylic acids is 1. The van der Waals surface area contributed by atoms with Gasteiger partial charge in [-0.15, -0.1) is 0 Å². The standard InChI is InChI=1S/C16H16N2O3/c17-13-10-12(16(20)21)7-8-14(13)18-15(19)9-6-11-4-2-1-3-5-11/h1-5,7-8,10H,6,9,17H2,(H,18,19)(H,20,21). The molecule has 0 atom stereocenters. The molecule has 0 bridgehead atoms. The number of carbonyl (C=O) groups is 2. The molecule has 0 aliphatic heterocycles. The predicted molar refractivity (Wildman–Crippen MR) is 81.2 cm³/mol.